The van der Waals surface area contributed by atoms with Crippen molar-refractivity contribution in [1.82, 2.24) is 4.90 Å². The molecular formula is C6H18NOSi. The molecule has 0 aliphatic rings. The van der Waals surface area contributed by atoms with Crippen LogP contribution in [0.3, 0.4) is 0 Å². The third-order valence-electron chi connectivity index (χ3n) is 0.348. The molecule has 0 spiro atoms. The van der Waals surface area contributed by atoms with Crippen LogP contribution in [0.15, 0.2) is 0 Å². The number of nitrogens with zero attached hydrogens (tertiary/aromatic N) is 1. The van der Waals surface area contributed by atoms with Crippen LogP contribution in [0.5, 0.6) is 0 Å². The van der Waals surface area contributed by atoms with Gasteiger partial charge in [0, 0.05) is 6.61 Å². The molecule has 9 heavy (non-hydrogen) atoms. The van der Waals surface area contributed by atoms with E-state index in [1.54, 1.807) is 0 Å². The van der Waals surface area contributed by atoms with Gasteiger partial charge in [-0.15, -0.1) is 0 Å². The van der Waals surface area contributed by atoms with Crippen LogP contribution < -0.4 is 0 Å². The third-order valence-corrected chi connectivity index (χ3v) is 0.757. The Morgan fingerprint density at radius 1 is 1.44 bits per heavy atom. The average molecular weight is 148 g/mol. The maximum atomic E-state index is 4.77. The van der Waals surface area contributed by atoms with Gasteiger partial charge in [0.15, 0.2) is 0 Å². The van der Waals surface area contributed by atoms with Gasteiger partial charge in [0.1, 0.15) is 10.5 Å². The Bertz CT molecular complexity index is 37.3. The van der Waals surface area contributed by atoms with Crippen LogP contribution in [0.2, 0.25) is 0 Å². The van der Waals surface area contributed by atoms with Crippen molar-refractivity contribution in [2.75, 3.05) is 27.7 Å². The van der Waals surface area contributed by atoms with E-state index in [0.29, 0.717) is 0 Å². The molecule has 0 aliphatic carbocycles. The zero-order chi connectivity index (χ0) is 7.70. The van der Waals surface area contributed by atoms with Crippen molar-refractivity contribution in [3.05, 3.63) is 6.92 Å². The fraction of sp³-hybridized carbons (Fsp3) is 0.833. The molecule has 0 N–H and O–H groups in total. The Kier molecular flexibility index (Phi) is 14.5. The molecule has 0 unspecified atom stereocenters. The molecule has 0 saturated heterocycles. The van der Waals surface area contributed by atoms with Gasteiger partial charge in [-0.2, -0.15) is 0 Å². The molecule has 0 rings (SSSR count). The van der Waals surface area contributed by atoms with Crippen LogP contribution in [0, 0.1) is 6.92 Å². The SMILES string of the molecule is CN(C)C.[CH2]CCO[SiH3]. The first kappa shape index (κ1) is 11.9. The van der Waals surface area contributed by atoms with E-state index >= 15 is 0 Å². The summed E-state index contributed by atoms with van der Waals surface area (Å²) in [4.78, 5) is 2.00. The van der Waals surface area contributed by atoms with E-state index in [1.165, 1.54) is 0 Å². The highest BCUT2D eigenvalue weighted by atomic mass is 28.2. The minimum Gasteiger partial charge on any atom is -0.428 e. The summed E-state index contributed by atoms with van der Waals surface area (Å²) < 4.78 is 4.77. The highest BCUT2D eigenvalue weighted by molar-refractivity contribution is 5.97. The second-order valence-electron chi connectivity index (χ2n) is 2.19. The van der Waals surface area contributed by atoms with E-state index in [0.717, 1.165) is 23.5 Å². The summed E-state index contributed by atoms with van der Waals surface area (Å²) in [5.74, 6) is 0. The molecular weight excluding hydrogens is 130 g/mol. The van der Waals surface area contributed by atoms with E-state index < -0.39 is 0 Å². The van der Waals surface area contributed by atoms with Gasteiger partial charge in [-0.25, -0.2) is 0 Å². The lowest BCUT2D eigenvalue weighted by Crippen LogP contribution is -1.99. The Morgan fingerprint density at radius 2 is 1.78 bits per heavy atom. The fourth-order valence-electron chi connectivity index (χ4n) is 0.144. The molecule has 0 amide bonds. The number of hydrogen-bond acceptors (Lipinski definition) is 2. The molecule has 2 nitrogen and oxygen atoms in total. The van der Waals surface area contributed by atoms with Gasteiger partial charge < -0.3 is 9.33 Å². The average Bonchev–Trinajstić information content (AvgIpc) is 1.66. The maximum absolute atomic E-state index is 4.77. The normalized spacial score (nSPS) is 9.00. The standard InChI is InChI=1S/C3H9N.C3H9OSi/c1-4(2)3;1-2-3-4-5/h1-3H3;1-3H2,5H3. The molecule has 0 aliphatic heterocycles. The van der Waals surface area contributed by atoms with Crippen molar-refractivity contribution >= 4 is 10.5 Å². The molecule has 57 valence electrons. The number of hydrogen-bond donors (Lipinski definition) is 0. The molecule has 0 aromatic rings. The van der Waals surface area contributed by atoms with Crippen LogP contribution in [-0.2, 0) is 4.43 Å². The summed E-state index contributed by atoms with van der Waals surface area (Å²) in [5, 5.41) is 0. The van der Waals surface area contributed by atoms with Crippen molar-refractivity contribution < 1.29 is 4.43 Å². The summed E-state index contributed by atoms with van der Waals surface area (Å²) in [6.07, 6.45) is 0.906. The molecule has 0 aromatic carbocycles. The zero-order valence-electron chi connectivity index (χ0n) is 6.98. The minimum absolute atomic E-state index is 0.840. The Labute approximate surface area is 61.7 Å². The van der Waals surface area contributed by atoms with Gasteiger partial charge in [0.05, 0.1) is 0 Å². The van der Waals surface area contributed by atoms with E-state index in [-0.39, 0.29) is 0 Å². The van der Waals surface area contributed by atoms with Crippen LogP contribution in [0.1, 0.15) is 6.42 Å². The Balaban J connectivity index is 0. The van der Waals surface area contributed by atoms with Crippen LogP contribution >= 0.6 is 0 Å². The molecule has 3 heteroatoms. The van der Waals surface area contributed by atoms with Crippen molar-refractivity contribution in [1.29, 1.82) is 0 Å². The fourth-order valence-corrected chi connectivity index (χ4v) is 0.433. The van der Waals surface area contributed by atoms with E-state index in [9.17, 15) is 0 Å². The Morgan fingerprint density at radius 3 is 1.78 bits per heavy atom. The lowest BCUT2D eigenvalue weighted by Gasteiger charge is -1.90. The second kappa shape index (κ2) is 11.0. The van der Waals surface area contributed by atoms with Gasteiger partial charge in [0.25, 0.3) is 0 Å². The zero-order valence-corrected chi connectivity index (χ0v) is 8.98. The van der Waals surface area contributed by atoms with Crippen LogP contribution in [0.4, 0.5) is 0 Å². The highest BCUT2D eigenvalue weighted by Crippen LogP contribution is 1.68. The monoisotopic (exact) mass is 148 g/mol. The van der Waals surface area contributed by atoms with Gasteiger partial charge in [-0.1, -0.05) is 6.92 Å². The summed E-state index contributed by atoms with van der Waals surface area (Å²) in [6.45, 7) is 4.41. The summed E-state index contributed by atoms with van der Waals surface area (Å²) in [5.41, 5.74) is 0. The smallest absolute Gasteiger partial charge is 0.145 e. The van der Waals surface area contributed by atoms with Crippen molar-refractivity contribution in [2.24, 2.45) is 0 Å². The summed E-state index contributed by atoms with van der Waals surface area (Å²) in [6, 6.07) is 0. The van der Waals surface area contributed by atoms with Crippen molar-refractivity contribution in [3.8, 4) is 0 Å². The Hall–Kier alpha value is 0.137. The van der Waals surface area contributed by atoms with E-state index in [4.69, 9.17) is 4.43 Å². The molecule has 0 bridgehead atoms. The van der Waals surface area contributed by atoms with Crippen molar-refractivity contribution in [3.63, 3.8) is 0 Å². The maximum Gasteiger partial charge on any atom is 0.145 e. The highest BCUT2D eigenvalue weighted by Gasteiger charge is 1.65. The van der Waals surface area contributed by atoms with Crippen LogP contribution in [0.25, 0.3) is 0 Å². The first-order valence-electron chi connectivity index (χ1n) is 3.04. The summed E-state index contributed by atoms with van der Waals surface area (Å²) in [7, 11) is 6.86. The predicted octanol–water partition coefficient (Wildman–Crippen LogP) is -0.315. The van der Waals surface area contributed by atoms with E-state index in [2.05, 4.69) is 6.92 Å². The molecule has 0 saturated carbocycles. The topological polar surface area (TPSA) is 12.5 Å². The van der Waals surface area contributed by atoms with Gasteiger partial charge >= 0.3 is 0 Å². The lowest BCUT2D eigenvalue weighted by molar-refractivity contribution is 0.357. The molecule has 1 radical (unpaired) electrons. The molecule has 0 heterocycles. The summed E-state index contributed by atoms with van der Waals surface area (Å²) >= 11 is 0. The largest absolute Gasteiger partial charge is 0.428 e. The van der Waals surface area contributed by atoms with Crippen molar-refractivity contribution in [2.45, 2.75) is 6.42 Å². The number of rotatable bonds is 2. The molecule has 0 atom stereocenters. The lowest BCUT2D eigenvalue weighted by atomic mass is 10.5. The third kappa shape index (κ3) is 67.1. The van der Waals surface area contributed by atoms with Gasteiger partial charge in [-0.3, -0.25) is 0 Å². The molecule has 0 aromatic heterocycles. The van der Waals surface area contributed by atoms with E-state index in [1.807, 2.05) is 26.0 Å². The molecule has 0 fully saturated rings. The minimum atomic E-state index is 0.840. The quantitative estimate of drug-likeness (QED) is 0.498. The predicted molar refractivity (Wildman–Crippen MR) is 45.5 cm³/mol. The van der Waals surface area contributed by atoms with Gasteiger partial charge in [0.2, 0.25) is 0 Å². The second-order valence-corrected chi connectivity index (χ2v) is 2.77. The first-order chi connectivity index (χ1) is 4.15. The first-order valence-corrected chi connectivity index (χ1v) is 3.86. The van der Waals surface area contributed by atoms with Crippen LogP contribution in [-0.4, -0.2) is 43.1 Å². The van der Waals surface area contributed by atoms with Gasteiger partial charge in [-0.05, 0) is 27.6 Å².